The summed E-state index contributed by atoms with van der Waals surface area (Å²) in [5.41, 5.74) is 1.26. The molecule has 104 valence electrons. The van der Waals surface area contributed by atoms with Gasteiger partial charge in [-0.05, 0) is 17.7 Å². The van der Waals surface area contributed by atoms with Crippen LogP contribution in [0.1, 0.15) is 5.56 Å². The summed E-state index contributed by atoms with van der Waals surface area (Å²) >= 11 is 6.79. The van der Waals surface area contributed by atoms with Gasteiger partial charge in [-0.3, -0.25) is 10.1 Å². The largest absolute Gasteiger partial charge is 0.334 e. The summed E-state index contributed by atoms with van der Waals surface area (Å²) in [5, 5.41) is 17.8. The lowest BCUT2D eigenvalue weighted by atomic mass is 10.2. The van der Waals surface area contributed by atoms with Crippen LogP contribution in [0.3, 0.4) is 0 Å². The van der Waals surface area contributed by atoms with Gasteiger partial charge in [-0.15, -0.1) is 0 Å². The predicted octanol–water partition coefficient (Wildman–Crippen LogP) is 3.63. The normalized spacial score (nSPS) is 10.1. The first-order chi connectivity index (χ1) is 9.54. The van der Waals surface area contributed by atoms with E-state index in [4.69, 9.17) is 11.6 Å². The molecule has 0 radical (unpaired) electrons. The zero-order valence-corrected chi connectivity index (χ0v) is 11.7. The highest BCUT2D eigenvalue weighted by Crippen LogP contribution is 2.25. The van der Waals surface area contributed by atoms with Crippen LogP contribution in [0, 0.1) is 10.1 Å². The molecule has 1 heterocycles. The number of carbonyl (C=O) groups is 1. The molecule has 2 N–H and O–H groups in total. The minimum atomic E-state index is -0.500. The standard InChI is InChI=1S/C12H10ClN3O3S/c13-9-3-1-2-8(4-9)6-14-12(17)15-10-5-11(16(18)19)20-7-10/h1-5,7H,6H2,(H2,14,15,17). The molecule has 0 fully saturated rings. The average molecular weight is 312 g/mol. The molecule has 0 aliphatic heterocycles. The number of nitrogens with one attached hydrogen (secondary N) is 2. The van der Waals surface area contributed by atoms with Crippen molar-refractivity contribution in [1.29, 1.82) is 0 Å². The number of amides is 2. The topological polar surface area (TPSA) is 84.3 Å². The van der Waals surface area contributed by atoms with Gasteiger partial charge in [0.25, 0.3) is 0 Å². The highest BCUT2D eigenvalue weighted by Gasteiger charge is 2.11. The van der Waals surface area contributed by atoms with E-state index in [0.717, 1.165) is 16.9 Å². The molecule has 6 nitrogen and oxygen atoms in total. The maximum Gasteiger partial charge on any atom is 0.326 e. The van der Waals surface area contributed by atoms with Crippen LogP contribution in [-0.4, -0.2) is 11.0 Å². The predicted molar refractivity (Wildman–Crippen MR) is 78.3 cm³/mol. The Morgan fingerprint density at radius 2 is 2.20 bits per heavy atom. The Labute approximate surface area is 123 Å². The molecule has 0 unspecified atom stereocenters. The third kappa shape index (κ3) is 3.94. The van der Waals surface area contributed by atoms with Gasteiger partial charge in [-0.1, -0.05) is 35.1 Å². The van der Waals surface area contributed by atoms with Crippen LogP contribution in [0.4, 0.5) is 15.5 Å². The van der Waals surface area contributed by atoms with Crippen molar-refractivity contribution in [2.24, 2.45) is 0 Å². The Balaban J connectivity index is 1.87. The zero-order valence-electron chi connectivity index (χ0n) is 10.1. The molecule has 20 heavy (non-hydrogen) atoms. The Kier molecular flexibility index (Phi) is 4.54. The molecule has 0 aliphatic rings. The fraction of sp³-hybridized carbons (Fsp3) is 0.0833. The van der Waals surface area contributed by atoms with Gasteiger partial charge >= 0.3 is 11.0 Å². The molecule has 0 bridgehead atoms. The van der Waals surface area contributed by atoms with E-state index in [1.165, 1.54) is 11.4 Å². The van der Waals surface area contributed by atoms with Crippen LogP contribution in [0.5, 0.6) is 0 Å². The Morgan fingerprint density at radius 1 is 1.40 bits per heavy atom. The summed E-state index contributed by atoms with van der Waals surface area (Å²) in [6, 6.07) is 8.00. The third-order valence-corrected chi connectivity index (χ3v) is 3.48. The lowest BCUT2D eigenvalue weighted by Gasteiger charge is -2.06. The summed E-state index contributed by atoms with van der Waals surface area (Å²) in [5.74, 6) is 0. The minimum absolute atomic E-state index is 0.0184. The van der Waals surface area contributed by atoms with E-state index < -0.39 is 11.0 Å². The first-order valence-electron chi connectivity index (χ1n) is 5.57. The number of hydrogen-bond donors (Lipinski definition) is 2. The number of rotatable bonds is 4. The third-order valence-electron chi connectivity index (χ3n) is 2.37. The van der Waals surface area contributed by atoms with Crippen LogP contribution >= 0.6 is 22.9 Å². The van der Waals surface area contributed by atoms with Gasteiger partial charge < -0.3 is 10.6 Å². The Hall–Kier alpha value is -2.12. The molecule has 0 saturated heterocycles. The van der Waals surface area contributed by atoms with Crippen LogP contribution in [0.25, 0.3) is 0 Å². The van der Waals surface area contributed by atoms with Gasteiger partial charge in [-0.2, -0.15) is 0 Å². The van der Waals surface area contributed by atoms with Crippen molar-refractivity contribution in [2.75, 3.05) is 5.32 Å². The second-order valence-corrected chi connectivity index (χ2v) is 5.19. The maximum absolute atomic E-state index is 11.6. The number of benzene rings is 1. The molecule has 0 atom stereocenters. The highest BCUT2D eigenvalue weighted by molar-refractivity contribution is 7.13. The van der Waals surface area contributed by atoms with Crippen molar-refractivity contribution >= 4 is 39.7 Å². The molecule has 1 aromatic carbocycles. The van der Waals surface area contributed by atoms with Crippen molar-refractivity contribution in [2.45, 2.75) is 6.54 Å². The number of anilines is 1. The second kappa shape index (κ2) is 6.36. The summed E-state index contributed by atoms with van der Waals surface area (Å²) in [6.45, 7) is 0.318. The van der Waals surface area contributed by atoms with Crippen molar-refractivity contribution in [3.63, 3.8) is 0 Å². The van der Waals surface area contributed by atoms with E-state index in [1.54, 1.807) is 18.2 Å². The van der Waals surface area contributed by atoms with E-state index in [2.05, 4.69) is 10.6 Å². The van der Waals surface area contributed by atoms with Gasteiger partial charge in [0.1, 0.15) is 0 Å². The quantitative estimate of drug-likeness (QED) is 0.668. The summed E-state index contributed by atoms with van der Waals surface area (Å²) in [4.78, 5) is 21.6. The number of carbonyl (C=O) groups excluding carboxylic acids is 1. The fourth-order valence-corrected chi connectivity index (χ4v) is 2.36. The van der Waals surface area contributed by atoms with E-state index >= 15 is 0 Å². The smallest absolute Gasteiger partial charge is 0.326 e. The number of nitrogens with zero attached hydrogens (tertiary/aromatic N) is 1. The van der Waals surface area contributed by atoms with E-state index in [1.807, 2.05) is 6.07 Å². The molecule has 8 heteroatoms. The molecule has 0 aliphatic carbocycles. The van der Waals surface area contributed by atoms with Crippen molar-refractivity contribution in [3.8, 4) is 0 Å². The summed E-state index contributed by atoms with van der Waals surface area (Å²) in [6.07, 6.45) is 0. The fourth-order valence-electron chi connectivity index (χ4n) is 1.49. The SMILES string of the molecule is O=C(NCc1cccc(Cl)c1)Nc1csc([N+](=O)[O-])c1. The summed E-state index contributed by atoms with van der Waals surface area (Å²) < 4.78 is 0. The first-order valence-corrected chi connectivity index (χ1v) is 6.82. The number of urea groups is 1. The molecular weight excluding hydrogens is 302 g/mol. The van der Waals surface area contributed by atoms with E-state index in [9.17, 15) is 14.9 Å². The molecule has 2 amide bonds. The highest BCUT2D eigenvalue weighted by atomic mass is 35.5. The van der Waals surface area contributed by atoms with Crippen LogP contribution in [0.15, 0.2) is 35.7 Å². The second-order valence-electron chi connectivity index (χ2n) is 3.87. The zero-order chi connectivity index (χ0) is 14.5. The lowest BCUT2D eigenvalue weighted by Crippen LogP contribution is -2.27. The number of hydrogen-bond acceptors (Lipinski definition) is 4. The van der Waals surface area contributed by atoms with Crippen molar-refractivity contribution in [3.05, 3.63) is 56.4 Å². The molecule has 2 rings (SSSR count). The van der Waals surface area contributed by atoms with Crippen molar-refractivity contribution < 1.29 is 9.72 Å². The molecule has 0 saturated carbocycles. The molecule has 0 spiro atoms. The van der Waals surface area contributed by atoms with Gasteiger partial charge in [0, 0.05) is 16.9 Å². The van der Waals surface area contributed by atoms with E-state index in [0.29, 0.717) is 17.3 Å². The number of thiophene rings is 1. The molecule has 2 aromatic rings. The van der Waals surface area contributed by atoms with E-state index in [-0.39, 0.29) is 5.00 Å². The van der Waals surface area contributed by atoms with Gasteiger partial charge in [-0.25, -0.2) is 4.79 Å². The molecule has 1 aromatic heterocycles. The van der Waals surface area contributed by atoms with Gasteiger partial charge in [0.05, 0.1) is 16.7 Å². The van der Waals surface area contributed by atoms with Gasteiger partial charge in [0.2, 0.25) is 0 Å². The average Bonchev–Trinajstić information content (AvgIpc) is 2.85. The van der Waals surface area contributed by atoms with Gasteiger partial charge in [0.15, 0.2) is 0 Å². The maximum atomic E-state index is 11.6. The molecular formula is C12H10ClN3O3S. The number of halogens is 1. The summed E-state index contributed by atoms with van der Waals surface area (Å²) in [7, 11) is 0. The Morgan fingerprint density at radius 3 is 2.85 bits per heavy atom. The van der Waals surface area contributed by atoms with Crippen LogP contribution in [-0.2, 0) is 6.54 Å². The van der Waals surface area contributed by atoms with Crippen LogP contribution < -0.4 is 10.6 Å². The lowest BCUT2D eigenvalue weighted by molar-refractivity contribution is -0.380. The Bertz CT molecular complexity index is 644. The van der Waals surface area contributed by atoms with Crippen LogP contribution in [0.2, 0.25) is 5.02 Å². The minimum Gasteiger partial charge on any atom is -0.334 e. The monoisotopic (exact) mass is 311 g/mol. The first kappa shape index (κ1) is 14.3. The number of nitro groups is 1. The van der Waals surface area contributed by atoms with Crippen molar-refractivity contribution in [1.82, 2.24) is 5.32 Å².